The number of amides is 2. The average molecular weight is 389 g/mol. The number of benzene rings is 2. The first-order chi connectivity index (χ1) is 13.0. The maximum Gasteiger partial charge on any atom is 0.261 e. The van der Waals surface area contributed by atoms with Crippen molar-refractivity contribution in [1.29, 1.82) is 0 Å². The summed E-state index contributed by atoms with van der Waals surface area (Å²) >= 11 is 6.26. The molecule has 0 aliphatic carbocycles. The molecule has 0 aromatic heterocycles. The monoisotopic (exact) mass is 388 g/mol. The second-order valence-corrected chi connectivity index (χ2v) is 6.61. The summed E-state index contributed by atoms with van der Waals surface area (Å²) in [4.78, 5) is 26.8. The summed E-state index contributed by atoms with van der Waals surface area (Å²) in [5.74, 6) is 0.166. The van der Waals surface area contributed by atoms with E-state index < -0.39 is 6.04 Å². The zero-order chi connectivity index (χ0) is 19.8. The minimum atomic E-state index is -0.598. The number of hydrogen-bond acceptors (Lipinski definition) is 3. The van der Waals surface area contributed by atoms with Crippen molar-refractivity contribution >= 4 is 23.4 Å². The molecule has 1 N–H and O–H groups in total. The maximum absolute atomic E-state index is 12.9. The lowest BCUT2D eigenvalue weighted by atomic mass is 10.1. The summed E-state index contributed by atoms with van der Waals surface area (Å²) in [7, 11) is 1.56. The second kappa shape index (κ2) is 9.97. The van der Waals surface area contributed by atoms with Gasteiger partial charge in [-0.2, -0.15) is 0 Å². The zero-order valence-corrected chi connectivity index (χ0v) is 16.6. The average Bonchev–Trinajstić information content (AvgIpc) is 2.68. The Kier molecular flexibility index (Phi) is 7.67. The molecule has 0 spiro atoms. The van der Waals surface area contributed by atoms with E-state index in [4.69, 9.17) is 16.3 Å². The molecular weight excluding hydrogens is 364 g/mol. The van der Waals surface area contributed by atoms with E-state index in [2.05, 4.69) is 5.32 Å². The van der Waals surface area contributed by atoms with E-state index >= 15 is 0 Å². The molecule has 0 saturated carbocycles. The van der Waals surface area contributed by atoms with Crippen LogP contribution in [0.4, 0.5) is 0 Å². The van der Waals surface area contributed by atoms with Crippen molar-refractivity contribution in [2.75, 3.05) is 13.7 Å². The smallest absolute Gasteiger partial charge is 0.261 e. The molecule has 1 atom stereocenters. The van der Waals surface area contributed by atoms with Crippen LogP contribution in [0.15, 0.2) is 48.5 Å². The van der Waals surface area contributed by atoms with Gasteiger partial charge in [0, 0.05) is 18.6 Å². The molecule has 2 aromatic rings. The zero-order valence-electron chi connectivity index (χ0n) is 15.9. The van der Waals surface area contributed by atoms with Gasteiger partial charge < -0.3 is 15.0 Å². The van der Waals surface area contributed by atoms with Crippen LogP contribution in [0, 0.1) is 6.92 Å². The Balaban J connectivity index is 2.22. The molecule has 0 unspecified atom stereocenters. The molecule has 6 heteroatoms. The van der Waals surface area contributed by atoms with Crippen molar-refractivity contribution in [3.8, 4) is 5.75 Å². The third-order valence-electron chi connectivity index (χ3n) is 4.38. The van der Waals surface area contributed by atoms with Crippen molar-refractivity contribution in [3.63, 3.8) is 0 Å². The van der Waals surface area contributed by atoms with E-state index in [0.29, 0.717) is 17.2 Å². The predicted octanol–water partition coefficient (Wildman–Crippen LogP) is 3.58. The Morgan fingerprint density at radius 2 is 1.81 bits per heavy atom. The van der Waals surface area contributed by atoms with E-state index in [9.17, 15) is 9.59 Å². The molecule has 0 saturated heterocycles. The normalized spacial score (nSPS) is 11.6. The minimum absolute atomic E-state index is 0.150. The fourth-order valence-electron chi connectivity index (χ4n) is 2.84. The van der Waals surface area contributed by atoms with Crippen LogP contribution in [0.1, 0.15) is 24.5 Å². The molecule has 5 nitrogen and oxygen atoms in total. The third kappa shape index (κ3) is 5.47. The molecule has 144 valence electrons. The van der Waals surface area contributed by atoms with E-state index in [-0.39, 0.29) is 25.0 Å². The summed E-state index contributed by atoms with van der Waals surface area (Å²) < 4.78 is 5.70. The van der Waals surface area contributed by atoms with Crippen molar-refractivity contribution in [2.45, 2.75) is 32.9 Å². The van der Waals surface area contributed by atoms with E-state index in [1.54, 1.807) is 13.1 Å². The highest BCUT2D eigenvalue weighted by molar-refractivity contribution is 6.31. The van der Waals surface area contributed by atoms with Gasteiger partial charge in [-0.05, 0) is 36.6 Å². The van der Waals surface area contributed by atoms with Gasteiger partial charge in [0.15, 0.2) is 6.61 Å². The summed E-state index contributed by atoms with van der Waals surface area (Å²) in [5, 5.41) is 3.19. The molecular formula is C21H25ClN2O3. The van der Waals surface area contributed by atoms with Crippen LogP contribution < -0.4 is 10.1 Å². The van der Waals surface area contributed by atoms with Gasteiger partial charge in [0.1, 0.15) is 11.8 Å². The van der Waals surface area contributed by atoms with Crippen LogP contribution in [-0.2, 0) is 16.1 Å². The number of nitrogens with zero attached hydrogens (tertiary/aromatic N) is 1. The molecule has 0 aliphatic rings. The van der Waals surface area contributed by atoms with Crippen molar-refractivity contribution in [2.24, 2.45) is 0 Å². The summed E-state index contributed by atoms with van der Waals surface area (Å²) in [5.41, 5.74) is 1.73. The number of likely N-dealkylation sites (N-methyl/N-ethyl adjacent to an activating group) is 1. The highest BCUT2D eigenvalue weighted by atomic mass is 35.5. The van der Waals surface area contributed by atoms with Gasteiger partial charge in [-0.3, -0.25) is 9.59 Å². The number of ether oxygens (including phenoxy) is 1. The highest BCUT2D eigenvalue weighted by Gasteiger charge is 2.28. The first-order valence-electron chi connectivity index (χ1n) is 8.90. The number of nitrogens with one attached hydrogen (secondary N) is 1. The minimum Gasteiger partial charge on any atom is -0.484 e. The number of halogens is 1. The third-order valence-corrected chi connectivity index (χ3v) is 4.74. The molecule has 0 aliphatic heterocycles. The van der Waals surface area contributed by atoms with Crippen molar-refractivity contribution < 1.29 is 14.3 Å². The van der Waals surface area contributed by atoms with Gasteiger partial charge >= 0.3 is 0 Å². The standard InChI is InChI=1S/C21H25ClN2O3/c1-4-18(21(26)23-3)24(13-16-10-6-7-11-17(16)22)20(25)14-27-19-12-8-5-9-15(19)2/h5-12,18H,4,13-14H2,1-3H3,(H,23,26)/t18-/m1/s1. The Labute approximate surface area is 165 Å². The van der Waals surface area contributed by atoms with E-state index in [1.165, 1.54) is 4.90 Å². The number of aryl methyl sites for hydroxylation is 1. The van der Waals surface area contributed by atoms with Crippen LogP contribution in [0.2, 0.25) is 5.02 Å². The topological polar surface area (TPSA) is 58.6 Å². The van der Waals surface area contributed by atoms with Crippen molar-refractivity contribution in [3.05, 3.63) is 64.7 Å². The van der Waals surface area contributed by atoms with Crippen LogP contribution in [0.25, 0.3) is 0 Å². The Hall–Kier alpha value is -2.53. The number of carbonyl (C=O) groups is 2. The summed E-state index contributed by atoms with van der Waals surface area (Å²) in [6.45, 7) is 3.88. The Bertz CT molecular complexity index is 795. The maximum atomic E-state index is 12.9. The first kappa shape index (κ1) is 20.8. The van der Waals surface area contributed by atoms with E-state index in [0.717, 1.165) is 11.1 Å². The molecule has 2 aromatic carbocycles. The van der Waals surface area contributed by atoms with Gasteiger partial charge in [-0.1, -0.05) is 54.9 Å². The second-order valence-electron chi connectivity index (χ2n) is 6.21. The number of para-hydroxylation sites is 1. The SMILES string of the molecule is CC[C@H](C(=O)NC)N(Cc1ccccc1Cl)C(=O)COc1ccccc1C. The van der Waals surface area contributed by atoms with Crippen LogP contribution in [0.3, 0.4) is 0 Å². The van der Waals surface area contributed by atoms with Gasteiger partial charge in [0.2, 0.25) is 5.91 Å². The Morgan fingerprint density at radius 1 is 1.15 bits per heavy atom. The fourth-order valence-corrected chi connectivity index (χ4v) is 3.03. The summed E-state index contributed by atoms with van der Waals surface area (Å²) in [6, 6.07) is 14.2. The molecule has 27 heavy (non-hydrogen) atoms. The van der Waals surface area contributed by atoms with Crippen LogP contribution in [0.5, 0.6) is 5.75 Å². The van der Waals surface area contributed by atoms with Gasteiger partial charge in [0.05, 0.1) is 0 Å². The number of rotatable bonds is 8. The largest absolute Gasteiger partial charge is 0.484 e. The van der Waals surface area contributed by atoms with Gasteiger partial charge in [-0.15, -0.1) is 0 Å². The van der Waals surface area contributed by atoms with Crippen LogP contribution in [-0.4, -0.2) is 36.4 Å². The lowest BCUT2D eigenvalue weighted by Crippen LogP contribution is -2.49. The highest BCUT2D eigenvalue weighted by Crippen LogP contribution is 2.21. The predicted molar refractivity (Wildman–Crippen MR) is 107 cm³/mol. The van der Waals surface area contributed by atoms with Gasteiger partial charge in [-0.25, -0.2) is 0 Å². The molecule has 2 amide bonds. The van der Waals surface area contributed by atoms with Gasteiger partial charge in [0.25, 0.3) is 5.91 Å². The lowest BCUT2D eigenvalue weighted by Gasteiger charge is -2.30. The van der Waals surface area contributed by atoms with Crippen LogP contribution >= 0.6 is 11.6 Å². The lowest BCUT2D eigenvalue weighted by molar-refractivity contribution is -0.142. The number of carbonyl (C=O) groups excluding carboxylic acids is 2. The quantitative estimate of drug-likeness (QED) is 0.751. The Morgan fingerprint density at radius 3 is 2.44 bits per heavy atom. The van der Waals surface area contributed by atoms with E-state index in [1.807, 2.05) is 56.3 Å². The molecule has 2 rings (SSSR count). The fraction of sp³-hybridized carbons (Fsp3) is 0.333. The molecule has 0 fully saturated rings. The molecule has 0 heterocycles. The molecule has 0 radical (unpaired) electrons. The molecule has 0 bridgehead atoms. The van der Waals surface area contributed by atoms with Crippen molar-refractivity contribution in [1.82, 2.24) is 10.2 Å². The number of hydrogen-bond donors (Lipinski definition) is 1. The first-order valence-corrected chi connectivity index (χ1v) is 9.28. The summed E-state index contributed by atoms with van der Waals surface area (Å²) in [6.07, 6.45) is 0.486.